The molecule has 0 aromatic heterocycles. The molecule has 2 aliphatic rings. The number of hydrogen-bond donors (Lipinski definition) is 1. The normalized spacial score (nSPS) is 38.5. The van der Waals surface area contributed by atoms with E-state index < -0.39 is 5.60 Å². The first-order valence-corrected chi connectivity index (χ1v) is 8.53. The standard InChI is InChI=1S/C15H29NO2S/c1-6-11-9-16(7-8-19-11)10-12-13(17)15(4,5)18-14(12,2)3/h11-13,17H,6-10H2,1-5H3. The lowest BCUT2D eigenvalue weighted by Crippen LogP contribution is -2.47. The molecule has 19 heavy (non-hydrogen) atoms. The van der Waals surface area contributed by atoms with E-state index in [1.165, 1.54) is 12.2 Å². The van der Waals surface area contributed by atoms with Gasteiger partial charge in [-0.05, 0) is 34.1 Å². The monoisotopic (exact) mass is 287 g/mol. The molecular weight excluding hydrogens is 258 g/mol. The maximum atomic E-state index is 10.5. The Morgan fingerprint density at radius 3 is 2.47 bits per heavy atom. The Morgan fingerprint density at radius 2 is 1.95 bits per heavy atom. The van der Waals surface area contributed by atoms with Gasteiger partial charge < -0.3 is 14.7 Å². The molecule has 3 unspecified atom stereocenters. The van der Waals surface area contributed by atoms with Crippen LogP contribution in [-0.2, 0) is 4.74 Å². The van der Waals surface area contributed by atoms with E-state index in [0.717, 1.165) is 24.9 Å². The summed E-state index contributed by atoms with van der Waals surface area (Å²) in [5.74, 6) is 1.41. The fraction of sp³-hybridized carbons (Fsp3) is 1.00. The van der Waals surface area contributed by atoms with E-state index in [9.17, 15) is 5.11 Å². The topological polar surface area (TPSA) is 32.7 Å². The average molecular weight is 287 g/mol. The van der Waals surface area contributed by atoms with Crippen molar-refractivity contribution >= 4 is 11.8 Å². The minimum atomic E-state index is -0.428. The number of ether oxygens (including phenoxy) is 1. The second kappa shape index (κ2) is 5.55. The highest BCUT2D eigenvalue weighted by atomic mass is 32.2. The predicted octanol–water partition coefficient (Wildman–Crippen LogP) is 2.38. The fourth-order valence-electron chi connectivity index (χ4n) is 3.47. The van der Waals surface area contributed by atoms with Crippen molar-refractivity contribution in [2.45, 2.75) is 63.6 Å². The molecule has 0 spiro atoms. The van der Waals surface area contributed by atoms with Crippen LogP contribution in [0.4, 0.5) is 0 Å². The Kier molecular flexibility index (Phi) is 4.56. The largest absolute Gasteiger partial charge is 0.390 e. The molecule has 2 heterocycles. The highest BCUT2D eigenvalue weighted by molar-refractivity contribution is 8.00. The molecule has 2 saturated heterocycles. The second-order valence-electron chi connectivity index (χ2n) is 7.02. The van der Waals surface area contributed by atoms with Crippen LogP contribution >= 0.6 is 11.8 Å². The van der Waals surface area contributed by atoms with Crippen LogP contribution in [0.3, 0.4) is 0 Å². The van der Waals surface area contributed by atoms with Crippen LogP contribution in [0, 0.1) is 5.92 Å². The maximum absolute atomic E-state index is 10.5. The zero-order chi connectivity index (χ0) is 14.3. The van der Waals surface area contributed by atoms with Crippen molar-refractivity contribution in [1.29, 1.82) is 0 Å². The molecule has 3 atom stereocenters. The first-order chi connectivity index (χ1) is 8.76. The van der Waals surface area contributed by atoms with E-state index in [1.807, 2.05) is 13.8 Å². The van der Waals surface area contributed by atoms with Gasteiger partial charge in [-0.2, -0.15) is 11.8 Å². The Bertz CT molecular complexity index is 319. The predicted molar refractivity (Wildman–Crippen MR) is 81.7 cm³/mol. The SMILES string of the molecule is CCC1CN(CC2C(O)C(C)(C)OC2(C)C)CCS1. The molecule has 2 fully saturated rings. The van der Waals surface area contributed by atoms with Gasteiger partial charge in [0.15, 0.2) is 0 Å². The van der Waals surface area contributed by atoms with Crippen molar-refractivity contribution < 1.29 is 9.84 Å². The summed E-state index contributed by atoms with van der Waals surface area (Å²) in [6, 6.07) is 0. The van der Waals surface area contributed by atoms with Gasteiger partial charge in [0, 0.05) is 36.6 Å². The third-order valence-electron chi connectivity index (χ3n) is 4.65. The van der Waals surface area contributed by atoms with Crippen LogP contribution < -0.4 is 0 Å². The lowest BCUT2D eigenvalue weighted by atomic mass is 9.84. The molecule has 0 radical (unpaired) electrons. The molecule has 0 aromatic rings. The van der Waals surface area contributed by atoms with Gasteiger partial charge in [-0.3, -0.25) is 0 Å². The molecule has 0 amide bonds. The van der Waals surface area contributed by atoms with Crippen molar-refractivity contribution in [3.63, 3.8) is 0 Å². The molecule has 0 saturated carbocycles. The fourth-order valence-corrected chi connectivity index (χ4v) is 4.72. The smallest absolute Gasteiger partial charge is 0.0896 e. The van der Waals surface area contributed by atoms with Gasteiger partial charge in [0.25, 0.3) is 0 Å². The number of aliphatic hydroxyl groups is 1. The van der Waals surface area contributed by atoms with Crippen LogP contribution in [0.5, 0.6) is 0 Å². The van der Waals surface area contributed by atoms with Gasteiger partial charge in [0.2, 0.25) is 0 Å². The van der Waals surface area contributed by atoms with Crippen molar-refractivity contribution in [3.05, 3.63) is 0 Å². The molecule has 112 valence electrons. The van der Waals surface area contributed by atoms with Gasteiger partial charge in [-0.15, -0.1) is 0 Å². The third kappa shape index (κ3) is 3.29. The average Bonchev–Trinajstić information content (AvgIpc) is 2.48. The van der Waals surface area contributed by atoms with Crippen molar-refractivity contribution in [1.82, 2.24) is 4.90 Å². The highest BCUT2D eigenvalue weighted by Gasteiger charge is 2.53. The Morgan fingerprint density at radius 1 is 1.26 bits per heavy atom. The summed E-state index contributed by atoms with van der Waals surface area (Å²) in [6.07, 6.45) is 0.858. The molecule has 0 aromatic carbocycles. The summed E-state index contributed by atoms with van der Waals surface area (Å²) >= 11 is 2.09. The first kappa shape index (κ1) is 15.6. The van der Waals surface area contributed by atoms with Crippen molar-refractivity contribution in [2.24, 2.45) is 5.92 Å². The van der Waals surface area contributed by atoms with E-state index in [2.05, 4.69) is 37.4 Å². The number of rotatable bonds is 3. The molecule has 0 bridgehead atoms. The third-order valence-corrected chi connectivity index (χ3v) is 6.02. The maximum Gasteiger partial charge on any atom is 0.0896 e. The molecule has 1 N–H and O–H groups in total. The van der Waals surface area contributed by atoms with Gasteiger partial charge in [-0.25, -0.2) is 0 Å². The molecule has 0 aliphatic carbocycles. The first-order valence-electron chi connectivity index (χ1n) is 7.48. The number of nitrogens with zero attached hydrogens (tertiary/aromatic N) is 1. The van der Waals surface area contributed by atoms with Crippen LogP contribution in [-0.4, -0.2) is 57.9 Å². The van der Waals surface area contributed by atoms with Crippen LogP contribution in [0.2, 0.25) is 0 Å². The van der Waals surface area contributed by atoms with Crippen LogP contribution in [0.25, 0.3) is 0 Å². The lowest BCUT2D eigenvalue weighted by molar-refractivity contribution is -0.0913. The Hall–Kier alpha value is 0.230. The zero-order valence-corrected chi connectivity index (χ0v) is 13.8. The summed E-state index contributed by atoms with van der Waals surface area (Å²) in [5.41, 5.74) is -0.669. The summed E-state index contributed by atoms with van der Waals surface area (Å²) in [4.78, 5) is 2.52. The summed E-state index contributed by atoms with van der Waals surface area (Å²) < 4.78 is 6.07. The molecule has 4 heteroatoms. The quantitative estimate of drug-likeness (QED) is 0.864. The molecule has 2 aliphatic heterocycles. The molecule has 2 rings (SSSR count). The number of thioether (sulfide) groups is 1. The van der Waals surface area contributed by atoms with Crippen molar-refractivity contribution in [3.8, 4) is 0 Å². The Balaban J connectivity index is 2.01. The minimum Gasteiger partial charge on any atom is -0.390 e. The zero-order valence-electron chi connectivity index (χ0n) is 13.0. The van der Waals surface area contributed by atoms with Gasteiger partial charge in [0.1, 0.15) is 0 Å². The lowest BCUT2D eigenvalue weighted by Gasteiger charge is -2.37. The highest BCUT2D eigenvalue weighted by Crippen LogP contribution is 2.42. The van der Waals surface area contributed by atoms with Gasteiger partial charge in [0.05, 0.1) is 17.3 Å². The van der Waals surface area contributed by atoms with Crippen LogP contribution in [0.1, 0.15) is 41.0 Å². The van der Waals surface area contributed by atoms with E-state index >= 15 is 0 Å². The van der Waals surface area contributed by atoms with Crippen molar-refractivity contribution in [2.75, 3.05) is 25.4 Å². The van der Waals surface area contributed by atoms with Gasteiger partial charge >= 0.3 is 0 Å². The summed E-state index contributed by atoms with van der Waals surface area (Å²) in [6.45, 7) is 13.7. The minimum absolute atomic E-state index is 0.197. The van der Waals surface area contributed by atoms with E-state index in [1.54, 1.807) is 0 Å². The van der Waals surface area contributed by atoms with E-state index in [-0.39, 0.29) is 17.6 Å². The summed E-state index contributed by atoms with van der Waals surface area (Å²) in [7, 11) is 0. The Labute approximate surface area is 122 Å². The second-order valence-corrected chi connectivity index (χ2v) is 8.43. The van der Waals surface area contributed by atoms with Crippen LogP contribution in [0.15, 0.2) is 0 Å². The van der Waals surface area contributed by atoms with E-state index in [4.69, 9.17) is 4.74 Å². The number of hydrogen-bond acceptors (Lipinski definition) is 4. The number of aliphatic hydroxyl groups excluding tert-OH is 1. The molecular formula is C15H29NO2S. The van der Waals surface area contributed by atoms with E-state index in [0.29, 0.717) is 0 Å². The molecule has 3 nitrogen and oxygen atoms in total. The van der Waals surface area contributed by atoms with Gasteiger partial charge in [-0.1, -0.05) is 6.92 Å². The summed E-state index contributed by atoms with van der Waals surface area (Å²) in [5, 5.41) is 11.3.